The van der Waals surface area contributed by atoms with Gasteiger partial charge in [-0.15, -0.1) is 17.7 Å². The molecule has 0 saturated carbocycles. The number of hydrogen-bond acceptors (Lipinski definition) is 3. The number of anilines is 4. The van der Waals surface area contributed by atoms with E-state index in [1.54, 1.807) is 0 Å². The first-order chi connectivity index (χ1) is 24.5. The third kappa shape index (κ3) is 5.84. The molecule has 0 bridgehead atoms. The molecule has 9 rings (SSSR count). The number of para-hydroxylation sites is 4. The normalized spacial score (nSPS) is 12.7. The van der Waals surface area contributed by atoms with Crippen molar-refractivity contribution in [1.29, 1.82) is 0 Å². The molecule has 5 heteroatoms. The Bertz CT molecular complexity index is 2490. The number of fused-ring (bicyclic) bond motifs is 4. The van der Waals surface area contributed by atoms with Crippen LogP contribution in [0.5, 0.6) is 0 Å². The molecule has 1 aliphatic rings. The van der Waals surface area contributed by atoms with Gasteiger partial charge in [0.1, 0.15) is 5.82 Å². The molecular weight excluding hydrogens is 804 g/mol. The van der Waals surface area contributed by atoms with E-state index in [2.05, 4.69) is 199 Å². The van der Waals surface area contributed by atoms with Crippen molar-refractivity contribution < 1.29 is 21.1 Å². The number of rotatable bonds is 7. The van der Waals surface area contributed by atoms with Gasteiger partial charge in [-0.05, 0) is 65.4 Å². The Morgan fingerprint density at radius 2 is 1.29 bits per heavy atom. The first-order valence-electron chi connectivity index (χ1n) is 17.1. The van der Waals surface area contributed by atoms with E-state index in [9.17, 15) is 0 Å². The molecular formula is C46H35N4Pt-3. The maximum absolute atomic E-state index is 4.93. The first kappa shape index (κ1) is 32.7. The number of pyridine rings is 1. The monoisotopic (exact) mass is 838 g/mol. The van der Waals surface area contributed by atoms with Gasteiger partial charge in [0.05, 0.1) is 0 Å². The smallest absolute Gasteiger partial charge is 0.135 e. The van der Waals surface area contributed by atoms with Gasteiger partial charge >= 0.3 is 0 Å². The average molecular weight is 839 g/mol. The van der Waals surface area contributed by atoms with Crippen molar-refractivity contribution in [1.82, 2.24) is 9.55 Å². The minimum absolute atomic E-state index is 0. The number of hydrogen-bond donors (Lipinski definition) is 0. The van der Waals surface area contributed by atoms with Gasteiger partial charge in [-0.25, -0.2) is 4.98 Å². The Kier molecular flexibility index (Phi) is 8.58. The summed E-state index contributed by atoms with van der Waals surface area (Å²) < 4.78 is 2.27. The third-order valence-corrected chi connectivity index (χ3v) is 9.98. The van der Waals surface area contributed by atoms with Crippen LogP contribution < -0.4 is 9.80 Å². The SMILES string of the molecule is CC(C)(c1ccccc1)c1ccnc(-n2c3[c-]c(Cc4[c-]c(N5[CH-]N(c6ccccc6)c6ccccc65)ccc4)ccc3c3ccccc32)c1.[Pt]. The van der Waals surface area contributed by atoms with Crippen molar-refractivity contribution in [2.24, 2.45) is 0 Å². The second kappa shape index (κ2) is 13.4. The number of nitrogens with zero attached hydrogens (tertiary/aromatic N) is 4. The second-order valence-electron chi connectivity index (χ2n) is 13.4. The Hall–Kier alpha value is -5.44. The minimum atomic E-state index is -0.182. The Labute approximate surface area is 313 Å². The predicted octanol–water partition coefficient (Wildman–Crippen LogP) is 11.1. The predicted molar refractivity (Wildman–Crippen MR) is 206 cm³/mol. The van der Waals surface area contributed by atoms with Crippen LogP contribution in [-0.2, 0) is 32.9 Å². The van der Waals surface area contributed by atoms with Gasteiger partial charge in [0.25, 0.3) is 0 Å². The van der Waals surface area contributed by atoms with Gasteiger partial charge in [0.2, 0.25) is 0 Å². The second-order valence-corrected chi connectivity index (χ2v) is 13.4. The summed E-state index contributed by atoms with van der Waals surface area (Å²) in [5, 5.41) is 2.36. The first-order valence-corrected chi connectivity index (χ1v) is 17.1. The van der Waals surface area contributed by atoms with Crippen LogP contribution in [0.1, 0.15) is 36.1 Å². The van der Waals surface area contributed by atoms with Crippen LogP contribution in [0.3, 0.4) is 0 Å². The Balaban J connectivity index is 0.00000374. The fourth-order valence-corrected chi connectivity index (χ4v) is 7.28. The zero-order valence-corrected chi connectivity index (χ0v) is 30.7. The molecule has 0 atom stereocenters. The zero-order valence-electron chi connectivity index (χ0n) is 28.4. The molecule has 0 saturated heterocycles. The molecule has 3 heterocycles. The van der Waals surface area contributed by atoms with Crippen LogP contribution in [-0.4, -0.2) is 9.55 Å². The van der Waals surface area contributed by atoms with Gasteiger partial charge in [0, 0.05) is 55.3 Å². The van der Waals surface area contributed by atoms with Crippen LogP contribution in [0.2, 0.25) is 0 Å². The van der Waals surface area contributed by atoms with Crippen LogP contribution in [0.4, 0.5) is 22.7 Å². The van der Waals surface area contributed by atoms with Crippen LogP contribution in [0, 0.1) is 18.8 Å². The quantitative estimate of drug-likeness (QED) is 0.149. The van der Waals surface area contributed by atoms with Gasteiger partial charge in [-0.1, -0.05) is 98.2 Å². The van der Waals surface area contributed by atoms with Crippen molar-refractivity contribution >= 4 is 44.6 Å². The van der Waals surface area contributed by atoms with E-state index in [0.717, 1.165) is 50.7 Å². The van der Waals surface area contributed by atoms with Crippen molar-refractivity contribution in [3.63, 3.8) is 0 Å². The van der Waals surface area contributed by atoms with E-state index in [0.29, 0.717) is 6.42 Å². The largest absolute Gasteiger partial charge is 0.493 e. The molecule has 0 fully saturated rings. The molecule has 0 spiro atoms. The molecule has 51 heavy (non-hydrogen) atoms. The standard InChI is InChI=1S/C46H35N4.Pt/c1-46(2,35-15-5-3-6-16-35)36-26-27-47-45(31-36)50-41-21-10-9-20-39(41)40-25-24-34(30-44(40)50)28-33-14-13-19-38(29-33)49-32-48(37-17-7-4-8-18-37)42-22-11-12-23-43(42)49;/h3-27,31-32H,28H2,1-2H3;/q-3;. The summed E-state index contributed by atoms with van der Waals surface area (Å²) in [6.45, 7) is 6.71. The summed E-state index contributed by atoms with van der Waals surface area (Å²) in [6.07, 6.45) is 2.64. The molecule has 0 N–H and O–H groups in total. The van der Waals surface area contributed by atoms with E-state index >= 15 is 0 Å². The van der Waals surface area contributed by atoms with Crippen LogP contribution >= 0.6 is 0 Å². The van der Waals surface area contributed by atoms with E-state index in [1.807, 2.05) is 6.20 Å². The van der Waals surface area contributed by atoms with E-state index in [1.165, 1.54) is 21.9 Å². The fourth-order valence-electron chi connectivity index (χ4n) is 7.28. The molecule has 2 aromatic heterocycles. The summed E-state index contributed by atoms with van der Waals surface area (Å²) in [5.74, 6) is 0.894. The van der Waals surface area contributed by atoms with Gasteiger partial charge in [-0.3, -0.25) is 0 Å². The Morgan fingerprint density at radius 3 is 2.10 bits per heavy atom. The van der Waals surface area contributed by atoms with E-state index in [-0.39, 0.29) is 26.5 Å². The van der Waals surface area contributed by atoms with Crippen molar-refractivity contribution in [2.45, 2.75) is 25.7 Å². The van der Waals surface area contributed by atoms with Crippen LogP contribution in [0.25, 0.3) is 27.6 Å². The molecule has 1 aliphatic heterocycles. The summed E-state index contributed by atoms with van der Waals surface area (Å²) in [4.78, 5) is 9.39. The van der Waals surface area contributed by atoms with E-state index < -0.39 is 0 Å². The number of benzene rings is 6. The molecule has 0 radical (unpaired) electrons. The molecule has 0 unspecified atom stereocenters. The molecule has 252 valence electrons. The zero-order chi connectivity index (χ0) is 33.7. The fraction of sp³-hybridized carbons (Fsp3) is 0.0870. The topological polar surface area (TPSA) is 24.3 Å². The minimum Gasteiger partial charge on any atom is -0.493 e. The maximum Gasteiger partial charge on any atom is 0.135 e. The summed E-state index contributed by atoms with van der Waals surface area (Å²) in [7, 11) is 0. The molecule has 8 aromatic rings. The molecule has 4 nitrogen and oxygen atoms in total. The summed E-state index contributed by atoms with van der Waals surface area (Å²) in [5.41, 5.74) is 11.1. The summed E-state index contributed by atoms with van der Waals surface area (Å²) in [6, 6.07) is 61.1. The van der Waals surface area contributed by atoms with Gasteiger partial charge in [0.15, 0.2) is 0 Å². The van der Waals surface area contributed by atoms with Crippen molar-refractivity contribution in [3.8, 4) is 5.82 Å². The third-order valence-electron chi connectivity index (χ3n) is 9.98. The molecule has 0 aliphatic carbocycles. The Morgan fingerprint density at radius 1 is 0.608 bits per heavy atom. The van der Waals surface area contributed by atoms with Gasteiger partial charge in [-0.2, -0.15) is 53.6 Å². The summed E-state index contributed by atoms with van der Waals surface area (Å²) >= 11 is 0. The maximum atomic E-state index is 4.93. The van der Waals surface area contributed by atoms with Gasteiger partial charge < -0.3 is 14.4 Å². The van der Waals surface area contributed by atoms with E-state index in [4.69, 9.17) is 4.98 Å². The molecule has 0 amide bonds. The van der Waals surface area contributed by atoms with Crippen molar-refractivity contribution in [3.05, 3.63) is 199 Å². The molecule has 6 aromatic carbocycles. The van der Waals surface area contributed by atoms with Crippen LogP contribution in [0.15, 0.2) is 158 Å². The van der Waals surface area contributed by atoms with Crippen molar-refractivity contribution in [2.75, 3.05) is 9.80 Å². The number of aromatic nitrogens is 2. The average Bonchev–Trinajstić information content (AvgIpc) is 3.72.